The first-order valence-corrected chi connectivity index (χ1v) is 4.88. The lowest BCUT2D eigenvalue weighted by Gasteiger charge is -2.30. The van der Waals surface area contributed by atoms with Crippen LogP contribution in [0.1, 0.15) is 0 Å². The van der Waals surface area contributed by atoms with Crippen LogP contribution < -0.4 is 0 Å². The Hall–Kier alpha value is 0.717. The van der Waals surface area contributed by atoms with E-state index in [0.29, 0.717) is 16.1 Å². The number of methoxy groups -OCH3 is 2. The highest BCUT2D eigenvalue weighted by atomic mass is 35.5. The Morgan fingerprint density at radius 3 is 2.00 bits per heavy atom. The first-order chi connectivity index (χ1) is 4.60. The number of hydrogen-bond acceptors (Lipinski definition) is 2. The molecule has 0 heterocycles. The standard InChI is InChI=1S/C5H12Cl2O2Si/c1-8-5(10,9-2)4(7)3-6/h4H,3H2,1-2,10H3. The summed E-state index contributed by atoms with van der Waals surface area (Å²) < 4.78 is 10.1. The minimum atomic E-state index is -0.636. The van der Waals surface area contributed by atoms with Crippen molar-refractivity contribution >= 4 is 33.4 Å². The van der Waals surface area contributed by atoms with E-state index in [1.165, 1.54) is 0 Å². The molecule has 0 aromatic heterocycles. The van der Waals surface area contributed by atoms with Gasteiger partial charge in [0.2, 0.25) is 0 Å². The number of halogens is 2. The molecule has 0 aliphatic rings. The Labute approximate surface area is 74.2 Å². The lowest BCUT2D eigenvalue weighted by Crippen LogP contribution is -2.44. The Balaban J connectivity index is 4.02. The van der Waals surface area contributed by atoms with Gasteiger partial charge in [0.25, 0.3) is 0 Å². The Kier molecular flexibility index (Phi) is 4.89. The molecule has 0 aromatic carbocycles. The molecular formula is C5H12Cl2O2Si. The summed E-state index contributed by atoms with van der Waals surface area (Å²) in [7, 11) is 3.84. The van der Waals surface area contributed by atoms with Crippen LogP contribution in [-0.2, 0) is 9.47 Å². The fourth-order valence-corrected chi connectivity index (χ4v) is 1.40. The quantitative estimate of drug-likeness (QED) is 0.367. The smallest absolute Gasteiger partial charge is 0.157 e. The molecule has 0 aliphatic heterocycles. The summed E-state index contributed by atoms with van der Waals surface area (Å²) in [5.41, 5.74) is -0.636. The number of hydrogen-bond donors (Lipinski definition) is 0. The van der Waals surface area contributed by atoms with E-state index in [0.717, 1.165) is 0 Å². The molecule has 5 heteroatoms. The largest absolute Gasteiger partial charge is 0.356 e. The zero-order chi connectivity index (χ0) is 8.20. The fourth-order valence-electron chi connectivity index (χ4n) is 0.479. The Bertz CT molecular complexity index is 97.6. The molecule has 1 atom stereocenters. The third-order valence-electron chi connectivity index (χ3n) is 1.52. The third kappa shape index (κ3) is 2.40. The number of ether oxygens (including phenoxy) is 2. The normalized spacial score (nSPS) is 15.6. The zero-order valence-electron chi connectivity index (χ0n) is 6.36. The van der Waals surface area contributed by atoms with Crippen molar-refractivity contribution in [1.82, 2.24) is 0 Å². The van der Waals surface area contributed by atoms with Gasteiger partial charge in [-0.1, -0.05) is 0 Å². The van der Waals surface area contributed by atoms with E-state index in [-0.39, 0.29) is 5.38 Å². The molecule has 0 fully saturated rings. The van der Waals surface area contributed by atoms with Crippen molar-refractivity contribution < 1.29 is 9.47 Å². The van der Waals surface area contributed by atoms with Crippen molar-refractivity contribution in [1.29, 1.82) is 0 Å². The second kappa shape index (κ2) is 4.57. The van der Waals surface area contributed by atoms with Crippen LogP contribution in [0.25, 0.3) is 0 Å². The molecule has 0 radical (unpaired) electrons. The van der Waals surface area contributed by atoms with Crippen LogP contribution in [0.15, 0.2) is 0 Å². The molecule has 0 saturated carbocycles. The highest BCUT2D eigenvalue weighted by Crippen LogP contribution is 2.18. The van der Waals surface area contributed by atoms with E-state index in [1.54, 1.807) is 14.2 Å². The van der Waals surface area contributed by atoms with Gasteiger partial charge in [-0.15, -0.1) is 23.2 Å². The number of alkyl halides is 2. The van der Waals surface area contributed by atoms with Crippen molar-refractivity contribution in [2.45, 2.75) is 10.8 Å². The van der Waals surface area contributed by atoms with E-state index in [1.807, 2.05) is 0 Å². The summed E-state index contributed by atoms with van der Waals surface area (Å²) in [4.78, 5) is 0. The van der Waals surface area contributed by atoms with Crippen LogP contribution in [-0.4, -0.2) is 41.1 Å². The average molecular weight is 203 g/mol. The molecule has 0 spiro atoms. The second-order valence-corrected chi connectivity index (χ2v) is 4.28. The first kappa shape index (κ1) is 10.7. The van der Waals surface area contributed by atoms with Crippen molar-refractivity contribution in [3.05, 3.63) is 0 Å². The van der Waals surface area contributed by atoms with Crippen LogP contribution in [0.5, 0.6) is 0 Å². The summed E-state index contributed by atoms with van der Waals surface area (Å²) >= 11 is 11.3. The minimum Gasteiger partial charge on any atom is -0.356 e. The van der Waals surface area contributed by atoms with Crippen molar-refractivity contribution in [3.8, 4) is 0 Å². The van der Waals surface area contributed by atoms with E-state index in [4.69, 9.17) is 32.7 Å². The predicted molar refractivity (Wildman–Crippen MR) is 47.0 cm³/mol. The van der Waals surface area contributed by atoms with Gasteiger partial charge >= 0.3 is 0 Å². The third-order valence-corrected chi connectivity index (χ3v) is 4.41. The molecular weight excluding hydrogens is 191 g/mol. The van der Waals surface area contributed by atoms with Gasteiger partial charge in [-0.3, -0.25) is 0 Å². The Morgan fingerprint density at radius 2 is 1.90 bits per heavy atom. The van der Waals surface area contributed by atoms with Crippen molar-refractivity contribution in [3.63, 3.8) is 0 Å². The lowest BCUT2D eigenvalue weighted by molar-refractivity contribution is -0.139. The molecule has 0 amide bonds. The summed E-state index contributed by atoms with van der Waals surface area (Å²) in [5.74, 6) is 0.340. The maximum atomic E-state index is 5.83. The predicted octanol–water partition coefficient (Wildman–Crippen LogP) is 0.145. The Morgan fingerprint density at radius 1 is 1.50 bits per heavy atom. The molecule has 0 aliphatic carbocycles. The van der Waals surface area contributed by atoms with Gasteiger partial charge in [-0.05, 0) is 0 Å². The van der Waals surface area contributed by atoms with Gasteiger partial charge in [0.1, 0.15) is 0 Å². The average Bonchev–Trinajstić information content (AvgIpc) is 2.01. The van der Waals surface area contributed by atoms with Crippen LogP contribution in [0.3, 0.4) is 0 Å². The topological polar surface area (TPSA) is 18.5 Å². The van der Waals surface area contributed by atoms with Crippen molar-refractivity contribution in [2.75, 3.05) is 20.1 Å². The molecule has 0 saturated heterocycles. The van der Waals surface area contributed by atoms with Gasteiger partial charge < -0.3 is 9.47 Å². The summed E-state index contributed by atoms with van der Waals surface area (Å²) in [6.45, 7) is 0. The van der Waals surface area contributed by atoms with Gasteiger partial charge in [-0.2, -0.15) is 0 Å². The highest BCUT2D eigenvalue weighted by molar-refractivity contribution is 6.32. The van der Waals surface area contributed by atoms with E-state index >= 15 is 0 Å². The van der Waals surface area contributed by atoms with E-state index < -0.39 is 5.41 Å². The molecule has 10 heavy (non-hydrogen) atoms. The summed E-state index contributed by atoms with van der Waals surface area (Å²) in [6, 6.07) is 0. The van der Waals surface area contributed by atoms with Crippen molar-refractivity contribution in [2.24, 2.45) is 0 Å². The SMILES string of the molecule is COC([SiH3])(OC)C(Cl)CCl. The molecule has 1 unspecified atom stereocenters. The lowest BCUT2D eigenvalue weighted by atomic mass is 10.4. The summed E-state index contributed by atoms with van der Waals surface area (Å²) in [5, 5.41) is -0.268. The van der Waals surface area contributed by atoms with Gasteiger partial charge in [0.05, 0.1) is 15.6 Å². The minimum absolute atomic E-state index is 0.268. The summed E-state index contributed by atoms with van der Waals surface area (Å²) in [6.07, 6.45) is 0. The van der Waals surface area contributed by atoms with E-state index in [2.05, 4.69) is 0 Å². The molecule has 0 aromatic rings. The second-order valence-electron chi connectivity index (χ2n) is 2.05. The van der Waals surface area contributed by atoms with Crippen LogP contribution >= 0.6 is 23.2 Å². The van der Waals surface area contributed by atoms with Gasteiger partial charge in [0, 0.05) is 20.1 Å². The van der Waals surface area contributed by atoms with E-state index in [9.17, 15) is 0 Å². The molecule has 0 N–H and O–H groups in total. The molecule has 2 nitrogen and oxygen atoms in total. The zero-order valence-corrected chi connectivity index (χ0v) is 9.87. The monoisotopic (exact) mass is 202 g/mol. The van der Waals surface area contributed by atoms with Gasteiger partial charge in [-0.25, -0.2) is 0 Å². The maximum Gasteiger partial charge on any atom is 0.157 e. The van der Waals surface area contributed by atoms with Crippen LogP contribution in [0, 0.1) is 0 Å². The van der Waals surface area contributed by atoms with Crippen LogP contribution in [0.2, 0.25) is 0 Å². The highest BCUT2D eigenvalue weighted by Gasteiger charge is 2.31. The van der Waals surface area contributed by atoms with Crippen LogP contribution in [0.4, 0.5) is 0 Å². The molecule has 0 rings (SSSR count). The van der Waals surface area contributed by atoms with Gasteiger partial charge in [0.15, 0.2) is 5.41 Å². The first-order valence-electron chi connectivity index (χ1n) is 2.91. The fraction of sp³-hybridized carbons (Fsp3) is 1.00. The molecule has 62 valence electrons. The molecule has 0 bridgehead atoms. The number of rotatable bonds is 4. The maximum absolute atomic E-state index is 5.83.